The quantitative estimate of drug-likeness (QED) is 0.306. The number of aromatic amines is 1. The lowest BCUT2D eigenvalue weighted by atomic mass is 10.1. The van der Waals surface area contributed by atoms with E-state index in [1.54, 1.807) is 7.11 Å². The average molecular weight is 475 g/mol. The van der Waals surface area contributed by atoms with Gasteiger partial charge in [0.2, 0.25) is 0 Å². The Morgan fingerprint density at radius 2 is 1.82 bits per heavy atom. The zero-order valence-corrected chi connectivity index (χ0v) is 19.5. The lowest BCUT2D eigenvalue weighted by Crippen LogP contribution is -2.37. The smallest absolute Gasteiger partial charge is 0.330 e. The van der Waals surface area contributed by atoms with Crippen molar-refractivity contribution < 1.29 is 14.3 Å². The molecule has 3 N–H and O–H groups in total. The molecule has 176 valence electrons. The Balaban J connectivity index is 1.87. The summed E-state index contributed by atoms with van der Waals surface area (Å²) in [4.78, 5) is 39.4. The fraction of sp³-hybridized carbons (Fsp3) is 0.381. The number of methoxy groups -OCH3 is 2. The third-order valence-corrected chi connectivity index (χ3v) is 5.85. The van der Waals surface area contributed by atoms with E-state index >= 15 is 0 Å². The number of hydrogen-bond acceptors (Lipinski definition) is 9. The second-order valence-corrected chi connectivity index (χ2v) is 8.14. The summed E-state index contributed by atoms with van der Waals surface area (Å²) >= 11 is 1.13. The van der Waals surface area contributed by atoms with Crippen LogP contribution in [0.2, 0.25) is 0 Å². The minimum atomic E-state index is -0.821. The van der Waals surface area contributed by atoms with Crippen LogP contribution in [0.1, 0.15) is 15.9 Å². The Bertz CT molecular complexity index is 1250. The van der Waals surface area contributed by atoms with Gasteiger partial charge in [-0.25, -0.2) is 4.79 Å². The Kier molecular flexibility index (Phi) is 8.20. The molecule has 0 saturated heterocycles. The number of anilines is 1. The van der Waals surface area contributed by atoms with Gasteiger partial charge in [-0.3, -0.25) is 23.7 Å². The zero-order valence-electron chi connectivity index (χ0n) is 18.7. The molecule has 0 aliphatic carbocycles. The monoisotopic (exact) mass is 474 g/mol. The number of carbonyl (C=O) groups excluding carboxylic acids is 1. The second-order valence-electron chi connectivity index (χ2n) is 7.20. The normalized spacial score (nSPS) is 11.1. The van der Waals surface area contributed by atoms with Crippen molar-refractivity contribution in [2.24, 2.45) is 0 Å². The molecule has 3 aromatic rings. The molecular formula is C21H26N6O5S. The minimum Gasteiger partial charge on any atom is -0.384 e. The summed E-state index contributed by atoms with van der Waals surface area (Å²) < 4.78 is 13.1. The number of ether oxygens (including phenoxy) is 2. The number of nitrogen functional groups attached to an aromatic ring is 1. The summed E-state index contributed by atoms with van der Waals surface area (Å²) in [6.07, 6.45) is 0. The molecule has 0 fully saturated rings. The molecule has 0 aliphatic rings. The Labute approximate surface area is 193 Å². The number of aryl methyl sites for hydroxylation is 1. The van der Waals surface area contributed by atoms with Crippen LogP contribution in [0.5, 0.6) is 0 Å². The van der Waals surface area contributed by atoms with Gasteiger partial charge in [0.25, 0.3) is 5.56 Å². The summed E-state index contributed by atoms with van der Waals surface area (Å²) in [6, 6.07) is 7.85. The van der Waals surface area contributed by atoms with Gasteiger partial charge in [0, 0.05) is 19.8 Å². The van der Waals surface area contributed by atoms with Gasteiger partial charge >= 0.3 is 5.69 Å². The molecule has 0 atom stereocenters. The number of ketones is 1. The molecule has 1 aromatic carbocycles. The SMILES string of the molecule is COCCn1c(SCC(=O)c2c(N)n(CCOC)c(=O)[nH]c2=O)nnc1-c1cccc(C)c1. The molecule has 0 unspecified atom stereocenters. The van der Waals surface area contributed by atoms with Crippen molar-refractivity contribution >= 4 is 23.4 Å². The van der Waals surface area contributed by atoms with Gasteiger partial charge in [0.15, 0.2) is 16.8 Å². The molecule has 0 radical (unpaired) electrons. The summed E-state index contributed by atoms with van der Waals surface area (Å²) in [5, 5.41) is 9.04. The van der Waals surface area contributed by atoms with Gasteiger partial charge in [-0.15, -0.1) is 10.2 Å². The first-order chi connectivity index (χ1) is 15.9. The van der Waals surface area contributed by atoms with Gasteiger partial charge < -0.3 is 15.2 Å². The van der Waals surface area contributed by atoms with Gasteiger partial charge in [-0.2, -0.15) is 0 Å². The van der Waals surface area contributed by atoms with Gasteiger partial charge in [0.1, 0.15) is 11.4 Å². The first-order valence-corrected chi connectivity index (χ1v) is 11.1. The first-order valence-electron chi connectivity index (χ1n) is 10.1. The molecule has 0 saturated carbocycles. The summed E-state index contributed by atoms with van der Waals surface area (Å²) in [5.74, 6) is -0.179. The molecule has 2 aromatic heterocycles. The van der Waals surface area contributed by atoms with Crippen molar-refractivity contribution in [2.75, 3.05) is 38.9 Å². The molecule has 12 heteroatoms. The lowest BCUT2D eigenvalue weighted by molar-refractivity contribution is 0.102. The number of nitrogens with one attached hydrogen (secondary N) is 1. The van der Waals surface area contributed by atoms with Crippen molar-refractivity contribution in [1.82, 2.24) is 24.3 Å². The molecule has 0 spiro atoms. The maximum absolute atomic E-state index is 12.9. The first kappa shape index (κ1) is 24.4. The van der Waals surface area contributed by atoms with E-state index in [1.807, 2.05) is 35.8 Å². The van der Waals surface area contributed by atoms with Gasteiger partial charge in [0.05, 0.1) is 32.1 Å². The summed E-state index contributed by atoms with van der Waals surface area (Å²) in [5.41, 5.74) is 6.19. The fourth-order valence-electron chi connectivity index (χ4n) is 3.24. The van der Waals surface area contributed by atoms with E-state index in [0.29, 0.717) is 24.1 Å². The van der Waals surface area contributed by atoms with Crippen LogP contribution in [0.4, 0.5) is 5.82 Å². The fourth-order valence-corrected chi connectivity index (χ4v) is 4.08. The highest BCUT2D eigenvalue weighted by Gasteiger charge is 2.21. The van der Waals surface area contributed by atoms with Crippen molar-refractivity contribution in [3.8, 4) is 11.4 Å². The van der Waals surface area contributed by atoms with Crippen molar-refractivity contribution in [2.45, 2.75) is 25.2 Å². The number of H-pyrrole nitrogens is 1. The van der Waals surface area contributed by atoms with Crippen molar-refractivity contribution in [3.63, 3.8) is 0 Å². The van der Waals surface area contributed by atoms with Gasteiger partial charge in [-0.1, -0.05) is 35.5 Å². The maximum Gasteiger partial charge on any atom is 0.330 e. The van der Waals surface area contributed by atoms with Crippen LogP contribution in [0, 0.1) is 6.92 Å². The number of nitrogens with zero attached hydrogens (tertiary/aromatic N) is 4. The predicted octanol–water partition coefficient (Wildman–Crippen LogP) is 0.954. The second kappa shape index (κ2) is 11.1. The van der Waals surface area contributed by atoms with E-state index < -0.39 is 17.0 Å². The van der Waals surface area contributed by atoms with E-state index in [4.69, 9.17) is 15.2 Å². The van der Waals surface area contributed by atoms with Crippen LogP contribution in [-0.2, 0) is 22.6 Å². The molecule has 0 bridgehead atoms. The number of hydrogen-bond donors (Lipinski definition) is 2. The number of nitrogens with two attached hydrogens (primary N) is 1. The number of thioether (sulfide) groups is 1. The van der Waals surface area contributed by atoms with Crippen LogP contribution in [-0.4, -0.2) is 63.3 Å². The number of aromatic nitrogens is 5. The lowest BCUT2D eigenvalue weighted by Gasteiger charge is -2.12. The topological polar surface area (TPSA) is 147 Å². The van der Waals surface area contributed by atoms with E-state index in [-0.39, 0.29) is 30.3 Å². The largest absolute Gasteiger partial charge is 0.384 e. The minimum absolute atomic E-state index is 0.108. The summed E-state index contributed by atoms with van der Waals surface area (Å²) in [6.45, 7) is 3.20. The standard InChI is InChI=1S/C21H26N6O5S/c1-13-5-4-6-14(11-13)18-24-25-21(27(18)8-10-32-3)33-12-15(28)16-17(22)26(7-9-31-2)20(30)23-19(16)29/h4-6,11H,7-10,12,22H2,1-3H3,(H,23,29,30). The predicted molar refractivity (Wildman–Crippen MR) is 125 cm³/mol. The number of rotatable bonds is 11. The number of Topliss-reactive ketones (excluding diaryl/α,β-unsaturated/α-hetero) is 1. The van der Waals surface area contributed by atoms with E-state index in [2.05, 4.69) is 15.2 Å². The molecule has 0 aliphatic heterocycles. The highest BCUT2D eigenvalue weighted by molar-refractivity contribution is 7.99. The molecule has 3 rings (SSSR count). The van der Waals surface area contributed by atoms with Crippen LogP contribution in [0.3, 0.4) is 0 Å². The van der Waals surface area contributed by atoms with Crippen LogP contribution >= 0.6 is 11.8 Å². The van der Waals surface area contributed by atoms with Crippen LogP contribution < -0.4 is 17.0 Å². The van der Waals surface area contributed by atoms with Crippen molar-refractivity contribution in [3.05, 3.63) is 56.2 Å². The van der Waals surface area contributed by atoms with Crippen molar-refractivity contribution in [1.29, 1.82) is 0 Å². The third-order valence-electron chi connectivity index (χ3n) is 4.88. The summed E-state index contributed by atoms with van der Waals surface area (Å²) in [7, 11) is 3.07. The van der Waals surface area contributed by atoms with Crippen LogP contribution in [0.25, 0.3) is 11.4 Å². The molecule has 33 heavy (non-hydrogen) atoms. The Morgan fingerprint density at radius 1 is 1.12 bits per heavy atom. The average Bonchev–Trinajstić information content (AvgIpc) is 3.18. The van der Waals surface area contributed by atoms with Gasteiger partial charge in [-0.05, 0) is 13.0 Å². The number of carbonyl (C=O) groups is 1. The van der Waals surface area contributed by atoms with Crippen LogP contribution in [0.15, 0.2) is 39.0 Å². The number of benzene rings is 1. The highest BCUT2D eigenvalue weighted by atomic mass is 32.2. The molecule has 11 nitrogen and oxygen atoms in total. The maximum atomic E-state index is 12.9. The van der Waals surface area contributed by atoms with E-state index in [0.717, 1.165) is 27.5 Å². The molecule has 0 amide bonds. The third kappa shape index (κ3) is 5.59. The van der Waals surface area contributed by atoms with E-state index in [1.165, 1.54) is 7.11 Å². The molecule has 2 heterocycles. The highest BCUT2D eigenvalue weighted by Crippen LogP contribution is 2.25. The zero-order chi connectivity index (χ0) is 24.0. The Hall–Kier alpha value is -3.22. The molecular weight excluding hydrogens is 448 g/mol. The van der Waals surface area contributed by atoms with E-state index in [9.17, 15) is 14.4 Å². The Morgan fingerprint density at radius 3 is 2.48 bits per heavy atom.